The maximum Gasteiger partial charge on any atom is 0.258 e. The van der Waals surface area contributed by atoms with E-state index in [2.05, 4.69) is 20.1 Å². The Morgan fingerprint density at radius 3 is 2.73 bits per heavy atom. The molecule has 1 saturated heterocycles. The Hall–Kier alpha value is -2.33. The minimum Gasteiger partial charge on any atom is -0.324 e. The molecule has 2 aromatic heterocycles. The Balaban J connectivity index is 1.23. The zero-order valence-corrected chi connectivity index (χ0v) is 17.8. The number of carbonyl (C=O) groups is 1. The topological polar surface area (TPSA) is 70.0 Å². The van der Waals surface area contributed by atoms with Crippen LogP contribution in [-0.2, 0) is 11.3 Å². The lowest BCUT2D eigenvalue weighted by molar-refractivity contribution is -0.116. The molecule has 3 heterocycles. The number of aromatic nitrogens is 2. The third-order valence-corrected chi connectivity index (χ3v) is 6.06. The van der Waals surface area contributed by atoms with Gasteiger partial charge in [0.25, 0.3) is 5.56 Å². The third kappa shape index (κ3) is 5.04. The van der Waals surface area contributed by atoms with E-state index in [1.807, 2.05) is 5.38 Å². The molecule has 1 aromatic carbocycles. The summed E-state index contributed by atoms with van der Waals surface area (Å²) in [5, 5.41) is 4.73. The average Bonchev–Trinajstić information content (AvgIpc) is 3.19. The predicted molar refractivity (Wildman–Crippen MR) is 116 cm³/mol. The van der Waals surface area contributed by atoms with Gasteiger partial charge in [-0.2, -0.15) is 0 Å². The number of halogens is 2. The van der Waals surface area contributed by atoms with Gasteiger partial charge in [-0.05, 0) is 18.2 Å². The maximum atomic E-state index is 13.8. The predicted octanol–water partition coefficient (Wildman–Crippen LogP) is 2.69. The summed E-state index contributed by atoms with van der Waals surface area (Å²) in [4.78, 5) is 34.0. The van der Waals surface area contributed by atoms with Crippen LogP contribution in [0.3, 0.4) is 0 Å². The number of benzene rings is 1. The van der Waals surface area contributed by atoms with Crippen LogP contribution in [-0.4, -0.2) is 57.8 Å². The Kier molecular flexibility index (Phi) is 6.43. The van der Waals surface area contributed by atoms with Crippen LogP contribution in [0.2, 0.25) is 5.02 Å². The third-order valence-electron chi connectivity index (χ3n) is 5.07. The molecular formula is C20H21ClFN5O2S. The van der Waals surface area contributed by atoms with Crippen LogP contribution >= 0.6 is 22.9 Å². The molecule has 0 unspecified atom stereocenters. The van der Waals surface area contributed by atoms with Crippen molar-refractivity contribution in [3.63, 3.8) is 0 Å². The van der Waals surface area contributed by atoms with Crippen molar-refractivity contribution < 1.29 is 9.18 Å². The smallest absolute Gasteiger partial charge is 0.258 e. The van der Waals surface area contributed by atoms with Gasteiger partial charge in [0.2, 0.25) is 5.91 Å². The van der Waals surface area contributed by atoms with E-state index in [-0.39, 0.29) is 23.6 Å². The van der Waals surface area contributed by atoms with Crippen LogP contribution in [0.1, 0.15) is 12.1 Å². The summed E-state index contributed by atoms with van der Waals surface area (Å²) >= 11 is 7.17. The Labute approximate surface area is 181 Å². The fourth-order valence-electron chi connectivity index (χ4n) is 3.43. The second-order valence-electron chi connectivity index (χ2n) is 7.18. The molecule has 3 aromatic rings. The van der Waals surface area contributed by atoms with Gasteiger partial charge >= 0.3 is 0 Å². The lowest BCUT2D eigenvalue weighted by Crippen LogP contribution is -2.46. The Morgan fingerprint density at radius 2 is 1.97 bits per heavy atom. The molecule has 1 N–H and O–H groups in total. The highest BCUT2D eigenvalue weighted by Gasteiger charge is 2.19. The number of nitrogens with one attached hydrogen (secondary N) is 1. The number of carbonyl (C=O) groups excluding carboxylic acids is 1. The molecule has 1 amide bonds. The standard InChI is InChI=1S/C20H21ClFN5O2S/c21-14-1-2-17(16(22)11-14)24-18(28)3-4-25-5-7-26(8-6-25)13-15-12-19(29)27-9-10-30-20(27)23-15/h1-2,9-12H,3-8,13H2,(H,24,28). The monoisotopic (exact) mass is 449 g/mol. The van der Waals surface area contributed by atoms with Gasteiger partial charge < -0.3 is 10.2 Å². The summed E-state index contributed by atoms with van der Waals surface area (Å²) < 4.78 is 15.3. The van der Waals surface area contributed by atoms with Crippen molar-refractivity contribution in [3.8, 4) is 0 Å². The number of fused-ring (bicyclic) bond motifs is 1. The van der Waals surface area contributed by atoms with Crippen LogP contribution < -0.4 is 10.9 Å². The lowest BCUT2D eigenvalue weighted by atomic mass is 10.2. The highest BCUT2D eigenvalue weighted by molar-refractivity contribution is 7.15. The van der Waals surface area contributed by atoms with E-state index in [1.165, 1.54) is 23.5 Å². The summed E-state index contributed by atoms with van der Waals surface area (Å²) in [5.41, 5.74) is 0.860. The highest BCUT2D eigenvalue weighted by atomic mass is 35.5. The number of amides is 1. The first-order chi connectivity index (χ1) is 14.5. The Bertz CT molecular complexity index is 1110. The van der Waals surface area contributed by atoms with E-state index >= 15 is 0 Å². The van der Waals surface area contributed by atoms with Crippen LogP contribution in [0, 0.1) is 5.82 Å². The van der Waals surface area contributed by atoms with Crippen molar-refractivity contribution >= 4 is 39.5 Å². The molecule has 158 valence electrons. The summed E-state index contributed by atoms with van der Waals surface area (Å²) in [6.07, 6.45) is 2.02. The second kappa shape index (κ2) is 9.22. The van der Waals surface area contributed by atoms with Gasteiger partial charge in [0, 0.05) is 68.4 Å². The van der Waals surface area contributed by atoms with Gasteiger partial charge in [0.15, 0.2) is 4.96 Å². The highest BCUT2D eigenvalue weighted by Crippen LogP contribution is 2.19. The molecule has 10 heteroatoms. The first-order valence-electron chi connectivity index (χ1n) is 9.63. The number of nitrogens with zero attached hydrogens (tertiary/aromatic N) is 4. The molecule has 0 radical (unpaired) electrons. The van der Waals surface area contributed by atoms with Gasteiger partial charge in [-0.25, -0.2) is 9.37 Å². The molecule has 30 heavy (non-hydrogen) atoms. The number of hydrogen-bond acceptors (Lipinski definition) is 6. The summed E-state index contributed by atoms with van der Waals surface area (Å²) in [6, 6.07) is 5.77. The zero-order valence-electron chi connectivity index (χ0n) is 16.2. The maximum absolute atomic E-state index is 13.8. The Morgan fingerprint density at radius 1 is 1.20 bits per heavy atom. The van der Waals surface area contributed by atoms with Crippen molar-refractivity contribution in [1.82, 2.24) is 19.2 Å². The average molecular weight is 450 g/mol. The van der Waals surface area contributed by atoms with E-state index in [0.29, 0.717) is 23.1 Å². The summed E-state index contributed by atoms with van der Waals surface area (Å²) in [7, 11) is 0. The molecule has 0 spiro atoms. The number of rotatable bonds is 6. The molecular weight excluding hydrogens is 429 g/mol. The van der Waals surface area contributed by atoms with Crippen LogP contribution in [0.25, 0.3) is 4.96 Å². The van der Waals surface area contributed by atoms with Crippen molar-refractivity contribution in [2.45, 2.75) is 13.0 Å². The first kappa shape index (κ1) is 20.9. The number of hydrogen-bond donors (Lipinski definition) is 1. The number of piperazine rings is 1. The van der Waals surface area contributed by atoms with Crippen molar-refractivity contribution in [1.29, 1.82) is 0 Å². The van der Waals surface area contributed by atoms with Gasteiger partial charge in [0.05, 0.1) is 11.4 Å². The minimum atomic E-state index is -0.543. The zero-order chi connectivity index (χ0) is 21.1. The van der Waals surface area contributed by atoms with E-state index in [0.717, 1.165) is 31.9 Å². The SMILES string of the molecule is O=C(CCN1CCN(Cc2cc(=O)n3ccsc3n2)CC1)Nc1ccc(Cl)cc1F. The van der Waals surface area contributed by atoms with Gasteiger partial charge in [-0.15, -0.1) is 11.3 Å². The molecule has 0 atom stereocenters. The van der Waals surface area contributed by atoms with E-state index in [9.17, 15) is 14.0 Å². The van der Waals surface area contributed by atoms with Crippen molar-refractivity contribution in [2.75, 3.05) is 38.0 Å². The van der Waals surface area contributed by atoms with Crippen LogP contribution in [0.15, 0.2) is 40.6 Å². The quantitative estimate of drug-likeness (QED) is 0.626. The minimum absolute atomic E-state index is 0.0574. The summed E-state index contributed by atoms with van der Waals surface area (Å²) in [5.74, 6) is -0.772. The van der Waals surface area contributed by atoms with Gasteiger partial charge in [-0.3, -0.25) is 18.9 Å². The lowest BCUT2D eigenvalue weighted by Gasteiger charge is -2.34. The molecule has 1 fully saturated rings. The van der Waals surface area contributed by atoms with Crippen LogP contribution in [0.5, 0.6) is 0 Å². The van der Waals surface area contributed by atoms with E-state index in [4.69, 9.17) is 11.6 Å². The normalized spacial score (nSPS) is 15.5. The molecule has 4 rings (SSSR count). The number of anilines is 1. The molecule has 0 bridgehead atoms. The largest absolute Gasteiger partial charge is 0.324 e. The van der Waals surface area contributed by atoms with Gasteiger partial charge in [0.1, 0.15) is 5.82 Å². The van der Waals surface area contributed by atoms with E-state index in [1.54, 1.807) is 22.7 Å². The first-order valence-corrected chi connectivity index (χ1v) is 10.9. The van der Waals surface area contributed by atoms with Gasteiger partial charge in [-0.1, -0.05) is 11.6 Å². The second-order valence-corrected chi connectivity index (χ2v) is 8.49. The molecule has 0 aliphatic carbocycles. The van der Waals surface area contributed by atoms with Crippen molar-refractivity contribution in [3.05, 3.63) is 62.7 Å². The summed E-state index contributed by atoms with van der Waals surface area (Å²) in [6.45, 7) is 4.55. The fourth-order valence-corrected chi connectivity index (χ4v) is 4.33. The molecule has 1 aliphatic rings. The van der Waals surface area contributed by atoms with E-state index < -0.39 is 5.82 Å². The fraction of sp³-hybridized carbons (Fsp3) is 0.350. The molecule has 1 aliphatic heterocycles. The number of thiazole rings is 1. The van der Waals surface area contributed by atoms with Crippen LogP contribution in [0.4, 0.5) is 10.1 Å². The molecule has 7 nitrogen and oxygen atoms in total. The van der Waals surface area contributed by atoms with Crippen molar-refractivity contribution in [2.24, 2.45) is 0 Å². The molecule has 0 saturated carbocycles.